The van der Waals surface area contributed by atoms with Crippen molar-refractivity contribution in [1.29, 1.82) is 0 Å². The second kappa shape index (κ2) is 7.88. The summed E-state index contributed by atoms with van der Waals surface area (Å²) in [5.41, 5.74) is 2.01. The lowest BCUT2D eigenvalue weighted by atomic mass is 9.80. The second-order valence-electron chi connectivity index (χ2n) is 7.09. The summed E-state index contributed by atoms with van der Waals surface area (Å²) in [6.45, 7) is 0.802. The molecule has 6 nitrogen and oxygen atoms in total. The Balaban J connectivity index is 1.65. The van der Waals surface area contributed by atoms with Crippen LogP contribution in [0.5, 0.6) is 5.75 Å². The van der Waals surface area contributed by atoms with Crippen LogP contribution in [0, 0.1) is 0 Å². The van der Waals surface area contributed by atoms with E-state index in [4.69, 9.17) is 4.74 Å². The van der Waals surface area contributed by atoms with Gasteiger partial charge in [-0.05, 0) is 53.1 Å². The number of benzene rings is 2. The largest absolute Gasteiger partial charge is 0.497 e. The molecule has 3 aromatic rings. The number of hydrogen-bond donors (Lipinski definition) is 1. The van der Waals surface area contributed by atoms with Crippen molar-refractivity contribution in [2.24, 2.45) is 0 Å². The molecule has 1 saturated carbocycles. The summed E-state index contributed by atoms with van der Waals surface area (Å²) in [5, 5.41) is 16.5. The smallest absolute Gasteiger partial charge is 0.176 e. The Hall–Kier alpha value is -2.73. The van der Waals surface area contributed by atoms with Gasteiger partial charge >= 0.3 is 0 Å². The van der Waals surface area contributed by atoms with Crippen LogP contribution in [0.4, 0.5) is 0 Å². The molecule has 0 atom stereocenters. The molecule has 0 radical (unpaired) electrons. The third-order valence-corrected chi connectivity index (χ3v) is 5.40. The van der Waals surface area contributed by atoms with E-state index >= 15 is 0 Å². The van der Waals surface area contributed by atoms with Gasteiger partial charge in [-0.25, -0.2) is 0 Å². The summed E-state index contributed by atoms with van der Waals surface area (Å²) in [6.07, 6.45) is 5.69. The zero-order chi connectivity index (χ0) is 18.5. The molecular weight excluding hydrogens is 338 g/mol. The number of hydrogen-bond acceptors (Lipinski definition) is 5. The first kappa shape index (κ1) is 17.7. The monoisotopic (exact) mass is 363 g/mol. The van der Waals surface area contributed by atoms with Crippen LogP contribution in [-0.4, -0.2) is 27.3 Å². The van der Waals surface area contributed by atoms with Crippen molar-refractivity contribution < 1.29 is 4.74 Å². The van der Waals surface area contributed by atoms with E-state index in [0.717, 1.165) is 36.6 Å². The quantitative estimate of drug-likeness (QED) is 0.725. The van der Waals surface area contributed by atoms with Crippen LogP contribution in [0.3, 0.4) is 0 Å². The molecule has 0 aliphatic heterocycles. The first-order valence-electron chi connectivity index (χ1n) is 9.53. The first-order valence-corrected chi connectivity index (χ1v) is 9.53. The highest BCUT2D eigenvalue weighted by Gasteiger charge is 2.38. The summed E-state index contributed by atoms with van der Waals surface area (Å²) in [5.74, 6) is 1.71. The molecule has 4 rings (SSSR count). The molecule has 0 unspecified atom stereocenters. The Morgan fingerprint density at radius 1 is 1.00 bits per heavy atom. The lowest BCUT2D eigenvalue weighted by Crippen LogP contribution is -2.45. The topological polar surface area (TPSA) is 64.9 Å². The van der Waals surface area contributed by atoms with Gasteiger partial charge in [0, 0.05) is 6.54 Å². The Kier molecular flexibility index (Phi) is 5.16. The van der Waals surface area contributed by atoms with E-state index in [1.807, 2.05) is 35.0 Å². The third-order valence-electron chi connectivity index (χ3n) is 5.40. The number of rotatable bonds is 6. The van der Waals surface area contributed by atoms with Crippen molar-refractivity contribution in [3.05, 3.63) is 66.0 Å². The molecule has 1 aliphatic carbocycles. The van der Waals surface area contributed by atoms with Crippen molar-refractivity contribution >= 4 is 0 Å². The number of methoxy groups -OCH3 is 1. The van der Waals surface area contributed by atoms with Gasteiger partial charge < -0.3 is 10.1 Å². The summed E-state index contributed by atoms with van der Waals surface area (Å²) in [7, 11) is 1.67. The summed E-state index contributed by atoms with van der Waals surface area (Å²) >= 11 is 0. The van der Waals surface area contributed by atoms with Crippen LogP contribution in [0.2, 0.25) is 0 Å². The molecular formula is C21H25N5O. The minimum absolute atomic E-state index is 0.211. The molecule has 0 amide bonds. The zero-order valence-corrected chi connectivity index (χ0v) is 15.6. The Morgan fingerprint density at radius 3 is 2.44 bits per heavy atom. The van der Waals surface area contributed by atoms with Crippen molar-refractivity contribution in [3.63, 3.8) is 0 Å². The number of ether oxygens (including phenoxy) is 1. The van der Waals surface area contributed by atoms with Crippen molar-refractivity contribution in [1.82, 2.24) is 25.5 Å². The second-order valence-corrected chi connectivity index (χ2v) is 7.09. The van der Waals surface area contributed by atoms with Gasteiger partial charge in [0.25, 0.3) is 0 Å². The molecule has 0 spiro atoms. The van der Waals surface area contributed by atoms with Gasteiger partial charge in [-0.15, -0.1) is 5.10 Å². The van der Waals surface area contributed by atoms with E-state index in [0.29, 0.717) is 0 Å². The molecule has 1 heterocycles. The Bertz CT molecular complexity index is 854. The van der Waals surface area contributed by atoms with E-state index in [1.54, 1.807) is 7.11 Å². The molecule has 1 aromatic heterocycles. The maximum absolute atomic E-state index is 5.27. The molecule has 140 valence electrons. The molecule has 1 N–H and O–H groups in total. The van der Waals surface area contributed by atoms with Crippen LogP contribution in [0.1, 0.15) is 43.5 Å². The zero-order valence-electron chi connectivity index (χ0n) is 15.6. The predicted molar refractivity (Wildman–Crippen MR) is 104 cm³/mol. The summed E-state index contributed by atoms with van der Waals surface area (Å²) < 4.78 is 7.13. The fourth-order valence-corrected chi connectivity index (χ4v) is 3.88. The average Bonchev–Trinajstić information content (AvgIpc) is 3.24. The maximum Gasteiger partial charge on any atom is 0.176 e. The standard InChI is InChI=1S/C21H25N5O/c1-27-19-12-10-18(11-13-19)26-20(23-24-25-26)21(14-6-3-7-15-21)22-16-17-8-4-2-5-9-17/h2,4-5,8-13,22H,3,6-7,14-16H2,1H3. The molecule has 2 aromatic carbocycles. The van der Waals surface area contributed by atoms with E-state index in [-0.39, 0.29) is 5.54 Å². The van der Waals surface area contributed by atoms with Gasteiger partial charge in [0.15, 0.2) is 5.82 Å². The highest BCUT2D eigenvalue weighted by atomic mass is 16.5. The highest BCUT2D eigenvalue weighted by molar-refractivity contribution is 5.37. The average molecular weight is 363 g/mol. The van der Waals surface area contributed by atoms with E-state index in [9.17, 15) is 0 Å². The van der Waals surface area contributed by atoms with Crippen LogP contribution < -0.4 is 10.1 Å². The van der Waals surface area contributed by atoms with Crippen LogP contribution in [0.15, 0.2) is 54.6 Å². The lowest BCUT2D eigenvalue weighted by Gasteiger charge is -2.37. The van der Waals surface area contributed by atoms with Gasteiger partial charge in [0.05, 0.1) is 18.3 Å². The molecule has 0 bridgehead atoms. The minimum Gasteiger partial charge on any atom is -0.497 e. The summed E-state index contributed by atoms with van der Waals surface area (Å²) in [6, 6.07) is 18.4. The molecule has 1 fully saturated rings. The summed E-state index contributed by atoms with van der Waals surface area (Å²) in [4.78, 5) is 0. The fourth-order valence-electron chi connectivity index (χ4n) is 3.88. The number of aromatic nitrogens is 4. The van der Waals surface area contributed by atoms with Crippen molar-refractivity contribution in [2.75, 3.05) is 7.11 Å². The van der Waals surface area contributed by atoms with Crippen LogP contribution in [-0.2, 0) is 12.1 Å². The molecule has 6 heteroatoms. The predicted octanol–water partition coefficient (Wildman–Crippen LogP) is 3.62. The van der Waals surface area contributed by atoms with Crippen LogP contribution >= 0.6 is 0 Å². The Morgan fingerprint density at radius 2 is 1.74 bits per heavy atom. The van der Waals surface area contributed by atoms with Gasteiger partial charge in [0.1, 0.15) is 5.75 Å². The molecule has 1 aliphatic rings. The van der Waals surface area contributed by atoms with E-state index < -0.39 is 0 Å². The Labute approximate surface area is 159 Å². The SMILES string of the molecule is COc1ccc(-n2nnnc2C2(NCc3ccccc3)CCCCC2)cc1. The lowest BCUT2D eigenvalue weighted by molar-refractivity contribution is 0.214. The molecule has 27 heavy (non-hydrogen) atoms. The van der Waals surface area contributed by atoms with E-state index in [1.165, 1.54) is 24.8 Å². The highest BCUT2D eigenvalue weighted by Crippen LogP contribution is 2.37. The van der Waals surface area contributed by atoms with E-state index in [2.05, 4.69) is 45.1 Å². The number of nitrogens with one attached hydrogen (secondary N) is 1. The normalized spacial score (nSPS) is 16.2. The maximum atomic E-state index is 5.27. The molecule has 0 saturated heterocycles. The number of tetrazole rings is 1. The van der Waals surface area contributed by atoms with Gasteiger partial charge in [-0.1, -0.05) is 49.6 Å². The van der Waals surface area contributed by atoms with Gasteiger partial charge in [0.2, 0.25) is 0 Å². The van der Waals surface area contributed by atoms with Crippen molar-refractivity contribution in [3.8, 4) is 11.4 Å². The van der Waals surface area contributed by atoms with Crippen LogP contribution in [0.25, 0.3) is 5.69 Å². The fraction of sp³-hybridized carbons (Fsp3) is 0.381. The van der Waals surface area contributed by atoms with Crippen molar-refractivity contribution in [2.45, 2.75) is 44.2 Å². The van der Waals surface area contributed by atoms with Gasteiger partial charge in [-0.2, -0.15) is 4.68 Å². The minimum atomic E-state index is -0.211. The first-order chi connectivity index (χ1) is 13.3. The number of nitrogens with zero attached hydrogens (tertiary/aromatic N) is 4. The third kappa shape index (κ3) is 3.71. The van der Waals surface area contributed by atoms with Gasteiger partial charge in [-0.3, -0.25) is 0 Å².